The summed E-state index contributed by atoms with van der Waals surface area (Å²) < 4.78 is 66.4. The molecule has 15 heteroatoms. The van der Waals surface area contributed by atoms with Crippen molar-refractivity contribution >= 4 is 35.1 Å². The lowest BCUT2D eigenvalue weighted by molar-refractivity contribution is -0.204. The first-order chi connectivity index (χ1) is 24.3. The number of β-amino-alcohol motifs (C(OH)–C–C–N with tert-alkyl or cyclic N) is 1. The van der Waals surface area contributed by atoms with Crippen LogP contribution >= 0.6 is 23.2 Å². The van der Waals surface area contributed by atoms with Crippen molar-refractivity contribution in [2.24, 2.45) is 0 Å². The van der Waals surface area contributed by atoms with Gasteiger partial charge in [0.25, 0.3) is 5.91 Å². The van der Waals surface area contributed by atoms with E-state index in [1.165, 1.54) is 17.0 Å². The van der Waals surface area contributed by atoms with Gasteiger partial charge in [0, 0.05) is 63.0 Å². The monoisotopic (exact) mass is 752 g/mol. The molecule has 1 spiro atoms. The summed E-state index contributed by atoms with van der Waals surface area (Å²) in [5, 5.41) is 11.8. The number of aliphatic hydroxyl groups excluding tert-OH is 1. The van der Waals surface area contributed by atoms with E-state index < -0.39 is 30.3 Å². The molecule has 3 aromatic carbocycles. The van der Waals surface area contributed by atoms with Crippen molar-refractivity contribution in [2.75, 3.05) is 46.4 Å². The second-order valence-electron chi connectivity index (χ2n) is 13.0. The number of likely N-dealkylation sites (tertiary alicyclic amines) is 2. The first-order valence-electron chi connectivity index (χ1n) is 16.5. The van der Waals surface area contributed by atoms with E-state index in [0.717, 1.165) is 36.1 Å². The van der Waals surface area contributed by atoms with Gasteiger partial charge < -0.3 is 38.6 Å². The fourth-order valence-corrected chi connectivity index (χ4v) is 6.99. The molecule has 0 aliphatic carbocycles. The molecule has 10 nitrogen and oxygen atoms in total. The van der Waals surface area contributed by atoms with Gasteiger partial charge in [-0.2, -0.15) is 13.2 Å². The maximum absolute atomic E-state index is 13.7. The number of fused-ring (bicyclic) bond motifs is 1. The first kappa shape index (κ1) is 36.9. The van der Waals surface area contributed by atoms with Gasteiger partial charge in [-0.05, 0) is 47.5 Å². The van der Waals surface area contributed by atoms with Crippen molar-refractivity contribution in [3.63, 3.8) is 0 Å². The molecular weight excluding hydrogens is 716 g/mol. The molecule has 0 unspecified atom stereocenters. The van der Waals surface area contributed by atoms with Crippen LogP contribution < -0.4 is 18.9 Å². The van der Waals surface area contributed by atoms with Crippen molar-refractivity contribution in [2.45, 2.75) is 56.3 Å². The second-order valence-corrected chi connectivity index (χ2v) is 13.8. The van der Waals surface area contributed by atoms with Crippen LogP contribution in [0.4, 0.5) is 13.2 Å². The molecular formula is C36H37Cl2F3N2O8. The van der Waals surface area contributed by atoms with Gasteiger partial charge in [-0.1, -0.05) is 35.3 Å². The Bertz CT molecular complexity index is 1730. The highest BCUT2D eigenvalue weighted by Gasteiger charge is 2.44. The zero-order valence-corrected chi connectivity index (χ0v) is 29.2. The largest absolute Gasteiger partial charge is 0.497 e. The average Bonchev–Trinajstić information content (AvgIpc) is 3.71. The number of halogens is 5. The summed E-state index contributed by atoms with van der Waals surface area (Å²) >= 11 is 12.7. The number of methoxy groups -OCH3 is 1. The van der Waals surface area contributed by atoms with E-state index in [0.29, 0.717) is 30.4 Å². The molecule has 3 heterocycles. The summed E-state index contributed by atoms with van der Waals surface area (Å²) in [7, 11) is 1.56. The zero-order valence-electron chi connectivity index (χ0n) is 27.7. The summed E-state index contributed by atoms with van der Waals surface area (Å²) in [6.45, 7) is 1.47. The third kappa shape index (κ3) is 8.94. The fourth-order valence-electron chi connectivity index (χ4n) is 6.57. The van der Waals surface area contributed by atoms with Crippen LogP contribution in [0.15, 0.2) is 54.6 Å². The number of aliphatic hydroxyl groups is 1. The lowest BCUT2D eigenvalue weighted by Gasteiger charge is -2.39. The van der Waals surface area contributed by atoms with E-state index in [-0.39, 0.29) is 60.4 Å². The van der Waals surface area contributed by atoms with Crippen LogP contribution in [-0.4, -0.2) is 97.2 Å². The number of nitrogens with zero attached hydrogens (tertiary/aromatic N) is 2. The minimum absolute atomic E-state index is 0.0183. The minimum atomic E-state index is -5.14. The van der Waals surface area contributed by atoms with Gasteiger partial charge in [-0.15, -0.1) is 0 Å². The van der Waals surface area contributed by atoms with Gasteiger partial charge in [-0.25, -0.2) is 4.79 Å². The van der Waals surface area contributed by atoms with Crippen LogP contribution in [0.5, 0.6) is 23.0 Å². The van der Waals surface area contributed by atoms with E-state index in [2.05, 4.69) is 9.64 Å². The molecule has 0 radical (unpaired) electrons. The Labute approximate surface area is 302 Å². The topological polar surface area (TPSA) is 107 Å². The summed E-state index contributed by atoms with van der Waals surface area (Å²) in [4.78, 5) is 28.4. The molecule has 6 rings (SSSR count). The quantitative estimate of drug-likeness (QED) is 0.232. The van der Waals surface area contributed by atoms with Crippen molar-refractivity contribution in [1.29, 1.82) is 0 Å². The summed E-state index contributed by atoms with van der Waals surface area (Å²) in [6.07, 6.45) is -4.85. The lowest BCUT2D eigenvalue weighted by atomic mass is 9.87. The van der Waals surface area contributed by atoms with Gasteiger partial charge >= 0.3 is 12.1 Å². The number of carbonyl (C=O) groups excluding carboxylic acids is 2. The normalized spacial score (nSPS) is 19.0. The Morgan fingerprint density at radius 2 is 1.76 bits per heavy atom. The highest BCUT2D eigenvalue weighted by Crippen LogP contribution is 2.42. The van der Waals surface area contributed by atoms with Crippen LogP contribution in [0.3, 0.4) is 0 Å². The predicted molar refractivity (Wildman–Crippen MR) is 181 cm³/mol. The van der Waals surface area contributed by atoms with Crippen LogP contribution in [-0.2, 0) is 22.6 Å². The third-order valence-electron chi connectivity index (χ3n) is 9.28. The first-order valence-corrected chi connectivity index (χ1v) is 17.2. The Balaban J connectivity index is 1.10. The van der Waals surface area contributed by atoms with Crippen LogP contribution in [0.2, 0.25) is 10.0 Å². The third-order valence-corrected chi connectivity index (χ3v) is 9.81. The summed E-state index contributed by atoms with van der Waals surface area (Å²) in [5.74, 6) is -1.08. The Hall–Kier alpha value is -3.91. The number of alkyl halides is 3. The van der Waals surface area contributed by atoms with Gasteiger partial charge in [-0.3, -0.25) is 4.79 Å². The van der Waals surface area contributed by atoms with Crippen molar-refractivity contribution in [1.82, 2.24) is 9.80 Å². The molecule has 1 N–H and O–H groups in total. The highest BCUT2D eigenvalue weighted by molar-refractivity contribution is 6.32. The molecule has 0 bridgehead atoms. The number of piperidine rings is 1. The SMILES string of the molecule is COc1ccc(COc2cc(OC[C@@H](O)CN3CCC4(CC3)Cc3cc(Cl)ccc3O4)c(C(=O)N3CC[C@H](OC(=O)C(F)(F)F)C3)cc2Cl)cc1. The van der Waals surface area contributed by atoms with E-state index in [1.54, 1.807) is 19.2 Å². The van der Waals surface area contributed by atoms with Crippen molar-refractivity contribution in [3.8, 4) is 23.0 Å². The molecule has 3 aliphatic heterocycles. The maximum Gasteiger partial charge on any atom is 0.490 e. The number of ether oxygens (including phenoxy) is 5. The molecule has 2 atom stereocenters. The maximum atomic E-state index is 13.7. The number of esters is 1. The number of benzene rings is 3. The number of carbonyl (C=O) groups is 2. The molecule has 0 aromatic heterocycles. The molecule has 0 saturated carbocycles. The highest BCUT2D eigenvalue weighted by atomic mass is 35.5. The molecule has 3 aliphatic rings. The summed E-state index contributed by atoms with van der Waals surface area (Å²) in [5.41, 5.74) is 1.63. The number of rotatable bonds is 11. The molecule has 2 saturated heterocycles. The van der Waals surface area contributed by atoms with Crippen LogP contribution in [0, 0.1) is 0 Å². The smallest absolute Gasteiger partial charge is 0.490 e. The predicted octanol–water partition coefficient (Wildman–Crippen LogP) is 6.11. The van der Waals surface area contributed by atoms with E-state index in [1.807, 2.05) is 30.3 Å². The number of hydrogen-bond donors (Lipinski definition) is 1. The van der Waals surface area contributed by atoms with Crippen LogP contribution in [0.1, 0.15) is 40.7 Å². The Kier molecular flexibility index (Phi) is 11.1. The van der Waals surface area contributed by atoms with Gasteiger partial charge in [0.15, 0.2) is 0 Å². The summed E-state index contributed by atoms with van der Waals surface area (Å²) in [6, 6.07) is 15.7. The zero-order chi connectivity index (χ0) is 36.3. The van der Waals surface area contributed by atoms with Crippen LogP contribution in [0.25, 0.3) is 0 Å². The van der Waals surface area contributed by atoms with E-state index >= 15 is 0 Å². The fraction of sp³-hybridized carbons (Fsp3) is 0.444. The molecule has 3 aromatic rings. The van der Waals surface area contributed by atoms with E-state index in [4.69, 9.17) is 42.1 Å². The lowest BCUT2D eigenvalue weighted by Crippen LogP contribution is -2.49. The second kappa shape index (κ2) is 15.4. The Morgan fingerprint density at radius 3 is 2.47 bits per heavy atom. The van der Waals surface area contributed by atoms with Gasteiger partial charge in [0.1, 0.15) is 54.0 Å². The molecule has 51 heavy (non-hydrogen) atoms. The van der Waals surface area contributed by atoms with Gasteiger partial charge in [0.05, 0.1) is 24.2 Å². The van der Waals surface area contributed by atoms with Crippen molar-refractivity contribution in [3.05, 3.63) is 81.3 Å². The average molecular weight is 754 g/mol. The number of hydrogen-bond acceptors (Lipinski definition) is 9. The van der Waals surface area contributed by atoms with Crippen molar-refractivity contribution < 1.29 is 51.6 Å². The van der Waals surface area contributed by atoms with E-state index in [9.17, 15) is 27.9 Å². The molecule has 274 valence electrons. The molecule has 2 fully saturated rings. The minimum Gasteiger partial charge on any atom is -0.497 e. The Morgan fingerprint density at radius 1 is 1.02 bits per heavy atom. The number of amides is 1. The standard InChI is InChI=1S/C36H37Cl2F3N2O8/c1-47-26-5-2-22(3-6-26)20-48-32-16-31(28(15-29(32)38)33(45)43-11-8-27(19-43)50-34(46)36(39,40)41)49-21-25(44)18-42-12-9-35(10-13-42)17-23-14-24(37)4-7-30(23)51-35/h2-7,14-16,25,27,44H,8-13,17-21H2,1H3/t25-,27-/m0/s1. The van der Waals surface area contributed by atoms with Gasteiger partial charge in [0.2, 0.25) is 0 Å². The molecule has 1 amide bonds.